The van der Waals surface area contributed by atoms with E-state index in [-0.39, 0.29) is 35.2 Å². The van der Waals surface area contributed by atoms with Gasteiger partial charge in [-0.2, -0.15) is 17.5 Å². The summed E-state index contributed by atoms with van der Waals surface area (Å²) in [6, 6.07) is 3.90. The Balaban J connectivity index is 1.35. The second kappa shape index (κ2) is 10.3. The Bertz CT molecular complexity index is 1140. The third kappa shape index (κ3) is 5.76. The van der Waals surface area contributed by atoms with Gasteiger partial charge in [0.2, 0.25) is 15.9 Å². The topological polar surface area (TPSA) is 60.9 Å². The van der Waals surface area contributed by atoms with E-state index in [1.54, 1.807) is 0 Å². The number of nitrogens with zero attached hydrogens (tertiary/aromatic N) is 3. The Labute approximate surface area is 218 Å². The molecule has 1 saturated heterocycles. The third-order valence-corrected chi connectivity index (χ3v) is 10.5. The molecular formula is C27H38F3N3O3S. The van der Waals surface area contributed by atoms with Crippen LogP contribution >= 0.6 is 0 Å². The summed E-state index contributed by atoms with van der Waals surface area (Å²) in [5.74, 6) is 1.27. The van der Waals surface area contributed by atoms with Crippen molar-refractivity contribution in [1.29, 1.82) is 0 Å². The number of hydrogen-bond donors (Lipinski definition) is 0. The van der Waals surface area contributed by atoms with Crippen LogP contribution in [-0.2, 0) is 21.0 Å². The number of piperazine rings is 1. The minimum atomic E-state index is -4.60. The van der Waals surface area contributed by atoms with Gasteiger partial charge >= 0.3 is 6.18 Å². The van der Waals surface area contributed by atoms with Crippen LogP contribution in [0.15, 0.2) is 40.8 Å². The fraction of sp³-hybridized carbons (Fsp3) is 0.667. The van der Waals surface area contributed by atoms with Crippen LogP contribution in [-0.4, -0.2) is 74.2 Å². The van der Waals surface area contributed by atoms with Crippen molar-refractivity contribution >= 4 is 15.9 Å². The molecule has 0 radical (unpaired) electrons. The predicted octanol–water partition coefficient (Wildman–Crippen LogP) is 4.49. The monoisotopic (exact) mass is 541 g/mol. The summed E-state index contributed by atoms with van der Waals surface area (Å²) in [6.07, 6.45) is -0.00883. The van der Waals surface area contributed by atoms with Gasteiger partial charge in [0.25, 0.3) is 0 Å². The van der Waals surface area contributed by atoms with Gasteiger partial charge < -0.3 is 4.90 Å². The summed E-state index contributed by atoms with van der Waals surface area (Å²) in [7, 11) is -4.02. The molecule has 206 valence electrons. The van der Waals surface area contributed by atoms with E-state index >= 15 is 0 Å². The molecule has 4 aliphatic rings. The Morgan fingerprint density at radius 1 is 1.16 bits per heavy atom. The van der Waals surface area contributed by atoms with Gasteiger partial charge in [-0.15, -0.1) is 0 Å². The van der Waals surface area contributed by atoms with Gasteiger partial charge in [-0.3, -0.25) is 9.69 Å². The second-order valence-corrected chi connectivity index (χ2v) is 13.4. The molecule has 1 saturated carbocycles. The number of hydrogen-bond acceptors (Lipinski definition) is 4. The van der Waals surface area contributed by atoms with Gasteiger partial charge in [-0.05, 0) is 48.3 Å². The maximum Gasteiger partial charge on any atom is 0.416 e. The van der Waals surface area contributed by atoms with Gasteiger partial charge in [-0.25, -0.2) is 8.42 Å². The van der Waals surface area contributed by atoms with E-state index in [9.17, 15) is 26.4 Å². The van der Waals surface area contributed by atoms with Crippen LogP contribution in [0.5, 0.6) is 0 Å². The summed E-state index contributed by atoms with van der Waals surface area (Å²) >= 11 is 0. The third-order valence-electron chi connectivity index (χ3n) is 8.58. The molecule has 37 heavy (non-hydrogen) atoms. The van der Waals surface area contributed by atoms with E-state index in [1.807, 2.05) is 18.7 Å². The number of carbonyl (C=O) groups excluding carboxylic acids is 1. The quantitative estimate of drug-likeness (QED) is 0.455. The fourth-order valence-corrected chi connectivity index (χ4v) is 7.41. The zero-order valence-electron chi connectivity index (χ0n) is 22.1. The summed E-state index contributed by atoms with van der Waals surface area (Å²) in [4.78, 5) is 16.7. The number of rotatable bonds is 8. The summed E-state index contributed by atoms with van der Waals surface area (Å²) in [5, 5.41) is 0. The van der Waals surface area contributed by atoms with Crippen LogP contribution in [0.3, 0.4) is 0 Å². The fourth-order valence-electron chi connectivity index (χ4n) is 5.95. The largest absolute Gasteiger partial charge is 0.416 e. The van der Waals surface area contributed by atoms with Crippen LogP contribution in [0.2, 0.25) is 0 Å². The number of amides is 1. The molecule has 1 aromatic rings. The Morgan fingerprint density at radius 2 is 1.84 bits per heavy atom. The van der Waals surface area contributed by atoms with Gasteiger partial charge in [-0.1, -0.05) is 45.4 Å². The molecule has 2 bridgehead atoms. The lowest BCUT2D eigenvalue weighted by atomic mass is 9.49. The number of allylic oxidation sites excluding steroid dienone is 1. The van der Waals surface area contributed by atoms with Crippen molar-refractivity contribution in [2.24, 2.45) is 23.2 Å². The van der Waals surface area contributed by atoms with E-state index in [1.165, 1.54) is 22.4 Å². The standard InChI is InChI=1S/C27H38F3N3O3S/c1-19(2)25(34)32(18-20-8-9-21-17-24(20)26(21,3)4)13-10-31-11-14-33(15-12-31)37(35,36)23-7-5-6-22(16-23)27(28,29)30/h5-8,16,19,21,24H,9-15,17-18H2,1-4H3. The average molecular weight is 542 g/mol. The Morgan fingerprint density at radius 3 is 2.41 bits per heavy atom. The first-order valence-electron chi connectivity index (χ1n) is 13.1. The highest BCUT2D eigenvalue weighted by Crippen LogP contribution is 2.59. The summed E-state index contributed by atoms with van der Waals surface area (Å²) < 4.78 is 66.4. The zero-order chi connectivity index (χ0) is 27.2. The molecular weight excluding hydrogens is 503 g/mol. The van der Waals surface area contributed by atoms with Crippen LogP contribution in [0.1, 0.15) is 46.1 Å². The summed E-state index contributed by atoms with van der Waals surface area (Å²) in [5.41, 5.74) is 0.674. The molecule has 1 aliphatic heterocycles. The molecule has 6 nitrogen and oxygen atoms in total. The molecule has 0 N–H and O–H groups in total. The maximum absolute atomic E-state index is 13.1. The molecule has 2 fully saturated rings. The summed E-state index contributed by atoms with van der Waals surface area (Å²) in [6.45, 7) is 11.6. The molecule has 1 heterocycles. The van der Waals surface area contributed by atoms with E-state index in [0.29, 0.717) is 44.7 Å². The lowest BCUT2D eigenvalue weighted by Crippen LogP contribution is -2.52. The molecule has 1 amide bonds. The molecule has 1 aromatic carbocycles. The molecule has 10 heteroatoms. The van der Waals surface area contributed by atoms with Crippen molar-refractivity contribution in [3.8, 4) is 0 Å². The highest BCUT2D eigenvalue weighted by molar-refractivity contribution is 7.89. The van der Waals surface area contributed by atoms with Crippen molar-refractivity contribution in [3.05, 3.63) is 41.5 Å². The molecule has 5 rings (SSSR count). The zero-order valence-corrected chi connectivity index (χ0v) is 22.9. The van der Waals surface area contributed by atoms with E-state index in [0.717, 1.165) is 24.5 Å². The first-order chi connectivity index (χ1) is 17.2. The lowest BCUT2D eigenvalue weighted by molar-refractivity contribution is -0.137. The van der Waals surface area contributed by atoms with Gasteiger partial charge in [0.05, 0.1) is 10.5 Å². The first kappa shape index (κ1) is 28.1. The van der Waals surface area contributed by atoms with Crippen molar-refractivity contribution in [1.82, 2.24) is 14.1 Å². The lowest BCUT2D eigenvalue weighted by Gasteiger charge is -2.57. The van der Waals surface area contributed by atoms with Crippen molar-refractivity contribution in [3.63, 3.8) is 0 Å². The van der Waals surface area contributed by atoms with Crippen LogP contribution in [0.25, 0.3) is 0 Å². The minimum absolute atomic E-state index is 0.110. The number of fused-ring (bicyclic) bond motifs is 1. The molecule has 2 unspecified atom stereocenters. The van der Waals surface area contributed by atoms with Gasteiger partial charge in [0, 0.05) is 51.7 Å². The number of sulfonamides is 1. The molecule has 0 aromatic heterocycles. The first-order valence-corrected chi connectivity index (χ1v) is 14.5. The normalized spacial score (nSPS) is 24.5. The molecule has 3 aliphatic carbocycles. The minimum Gasteiger partial charge on any atom is -0.337 e. The maximum atomic E-state index is 13.1. The van der Waals surface area contributed by atoms with Crippen LogP contribution in [0, 0.1) is 23.2 Å². The highest BCUT2D eigenvalue weighted by Gasteiger charge is 2.51. The van der Waals surface area contributed by atoms with Crippen molar-refractivity contribution in [2.75, 3.05) is 45.8 Å². The number of carbonyl (C=O) groups is 1. The van der Waals surface area contributed by atoms with E-state index in [4.69, 9.17) is 0 Å². The predicted molar refractivity (Wildman–Crippen MR) is 136 cm³/mol. The van der Waals surface area contributed by atoms with Crippen LogP contribution < -0.4 is 0 Å². The van der Waals surface area contributed by atoms with Crippen molar-refractivity contribution in [2.45, 2.75) is 51.6 Å². The van der Waals surface area contributed by atoms with Crippen LogP contribution in [0.4, 0.5) is 13.2 Å². The number of halogens is 3. The SMILES string of the molecule is CC(C)C(=O)N(CCN1CCN(S(=O)(=O)c2cccc(C(F)(F)F)c2)CC1)CC1=CCC2CC1C2(C)C. The smallest absolute Gasteiger partial charge is 0.337 e. The Kier molecular flexibility index (Phi) is 7.85. The van der Waals surface area contributed by atoms with Crippen molar-refractivity contribution < 1.29 is 26.4 Å². The Hall–Kier alpha value is -1.91. The number of alkyl halides is 3. The average Bonchev–Trinajstić information content (AvgIpc) is 2.85. The highest BCUT2D eigenvalue weighted by atomic mass is 32.2. The van der Waals surface area contributed by atoms with Gasteiger partial charge in [0.1, 0.15) is 0 Å². The second-order valence-electron chi connectivity index (χ2n) is 11.5. The van der Waals surface area contributed by atoms with E-state index in [2.05, 4.69) is 24.8 Å². The molecule has 2 atom stereocenters. The molecule has 0 spiro atoms. The number of benzene rings is 1. The van der Waals surface area contributed by atoms with Gasteiger partial charge in [0.15, 0.2) is 0 Å². The van der Waals surface area contributed by atoms with E-state index < -0.39 is 21.8 Å².